The molecule has 10 heteroatoms. The molecule has 148 valence electrons. The predicted octanol–water partition coefficient (Wildman–Crippen LogP) is -0.894. The highest BCUT2D eigenvalue weighted by atomic mass is 16.7. The number of aliphatic hydroxyl groups excluding tert-OH is 1. The molecule has 0 aliphatic carbocycles. The van der Waals surface area contributed by atoms with Crippen LogP contribution in [-0.2, 0) is 14.4 Å². The van der Waals surface area contributed by atoms with Crippen LogP contribution in [0.1, 0.15) is 39.0 Å². The lowest BCUT2D eigenvalue weighted by Gasteiger charge is -2.29. The predicted molar refractivity (Wildman–Crippen MR) is 92.5 cm³/mol. The quantitative estimate of drug-likeness (QED) is 0.292. The number of hydrazine groups is 1. The molecule has 4 amide bonds. The number of rotatable bonds is 10. The molecule has 0 unspecified atom stereocenters. The van der Waals surface area contributed by atoms with E-state index in [-0.39, 0.29) is 31.0 Å². The monoisotopic (exact) mass is 371 g/mol. The summed E-state index contributed by atoms with van der Waals surface area (Å²) in [7, 11) is 0. The fraction of sp³-hybridized carbons (Fsp3) is 0.812. The number of aliphatic hydroxyl groups is 1. The summed E-state index contributed by atoms with van der Waals surface area (Å²) in [5, 5.41) is 12.9. The Morgan fingerprint density at radius 2 is 2.08 bits per heavy atom. The molecular formula is C16H29N5O5. The Bertz CT molecular complexity index is 503. The number of carbonyl (C=O) groups excluding carboxylic acids is 3. The van der Waals surface area contributed by atoms with Gasteiger partial charge in [-0.05, 0) is 19.3 Å². The standard InChI is InChI=1S/C16H29N5O5/c1-2-3-10-26-21-12-4-5-13(20(11-12)16(21)25)15(24)19-18-14(23)6-7-17-8-9-22/h12-13,17,22H,2-11H2,1H3,(H,18,23)(H,19,24)/t12-,13-/m0/s1. The summed E-state index contributed by atoms with van der Waals surface area (Å²) in [6.45, 7) is 3.82. The van der Waals surface area contributed by atoms with Crippen molar-refractivity contribution in [3.8, 4) is 0 Å². The summed E-state index contributed by atoms with van der Waals surface area (Å²) in [6.07, 6.45) is 3.25. The Labute approximate surface area is 153 Å². The first-order valence-corrected chi connectivity index (χ1v) is 9.21. The number of carbonyl (C=O) groups is 3. The van der Waals surface area contributed by atoms with Crippen molar-refractivity contribution in [1.29, 1.82) is 0 Å². The average Bonchev–Trinajstić information content (AvgIpc) is 2.88. The summed E-state index contributed by atoms with van der Waals surface area (Å²) in [4.78, 5) is 43.6. The molecule has 0 aromatic heterocycles. The number of nitrogens with one attached hydrogen (secondary N) is 3. The minimum absolute atomic E-state index is 0.00404. The second-order valence-corrected chi connectivity index (χ2v) is 6.46. The van der Waals surface area contributed by atoms with E-state index in [0.717, 1.165) is 12.8 Å². The van der Waals surface area contributed by atoms with Crippen molar-refractivity contribution in [2.24, 2.45) is 0 Å². The van der Waals surface area contributed by atoms with Crippen molar-refractivity contribution in [2.75, 3.05) is 32.8 Å². The first kappa shape index (κ1) is 20.4. The number of nitrogens with zero attached hydrogens (tertiary/aromatic N) is 2. The number of hydrogen-bond donors (Lipinski definition) is 4. The largest absolute Gasteiger partial charge is 0.395 e. The van der Waals surface area contributed by atoms with Crippen LogP contribution in [0.3, 0.4) is 0 Å². The summed E-state index contributed by atoms with van der Waals surface area (Å²) in [5.41, 5.74) is 4.75. The third kappa shape index (κ3) is 5.29. The highest BCUT2D eigenvalue weighted by Gasteiger charge is 2.47. The average molecular weight is 371 g/mol. The number of unbranched alkanes of at least 4 members (excludes halogenated alkanes) is 1. The van der Waals surface area contributed by atoms with Gasteiger partial charge in [-0.1, -0.05) is 13.3 Å². The summed E-state index contributed by atoms with van der Waals surface area (Å²) in [5.74, 6) is -0.737. The van der Waals surface area contributed by atoms with Crippen molar-refractivity contribution in [2.45, 2.75) is 51.1 Å². The number of hydroxylamine groups is 2. The molecule has 26 heavy (non-hydrogen) atoms. The highest BCUT2D eigenvalue weighted by molar-refractivity contribution is 5.89. The van der Waals surface area contributed by atoms with E-state index in [1.54, 1.807) is 0 Å². The van der Waals surface area contributed by atoms with E-state index in [4.69, 9.17) is 9.94 Å². The molecule has 2 fully saturated rings. The summed E-state index contributed by atoms with van der Waals surface area (Å²) >= 11 is 0. The minimum atomic E-state index is -0.605. The lowest BCUT2D eigenvalue weighted by Crippen LogP contribution is -2.54. The van der Waals surface area contributed by atoms with E-state index in [0.29, 0.717) is 39.1 Å². The second kappa shape index (κ2) is 10.3. The van der Waals surface area contributed by atoms with Gasteiger partial charge in [0.2, 0.25) is 5.91 Å². The Morgan fingerprint density at radius 1 is 1.27 bits per heavy atom. The van der Waals surface area contributed by atoms with Gasteiger partial charge < -0.3 is 15.3 Å². The lowest BCUT2D eigenvalue weighted by molar-refractivity contribution is -0.132. The molecule has 0 spiro atoms. The summed E-state index contributed by atoms with van der Waals surface area (Å²) < 4.78 is 0. The fourth-order valence-corrected chi connectivity index (χ4v) is 3.06. The van der Waals surface area contributed by atoms with E-state index >= 15 is 0 Å². The maximum absolute atomic E-state index is 12.5. The van der Waals surface area contributed by atoms with Gasteiger partial charge >= 0.3 is 6.03 Å². The molecule has 10 nitrogen and oxygen atoms in total. The van der Waals surface area contributed by atoms with Gasteiger partial charge in [-0.2, -0.15) is 5.06 Å². The van der Waals surface area contributed by atoms with Crippen LogP contribution in [0.25, 0.3) is 0 Å². The topological polar surface area (TPSA) is 123 Å². The molecule has 2 heterocycles. The van der Waals surface area contributed by atoms with Crippen molar-refractivity contribution >= 4 is 17.8 Å². The maximum atomic E-state index is 12.5. The fourth-order valence-electron chi connectivity index (χ4n) is 3.06. The number of fused-ring (bicyclic) bond motifs is 2. The van der Waals surface area contributed by atoms with E-state index in [1.807, 2.05) is 6.92 Å². The van der Waals surface area contributed by atoms with Crippen molar-refractivity contribution in [3.63, 3.8) is 0 Å². The molecular weight excluding hydrogens is 342 g/mol. The van der Waals surface area contributed by atoms with Gasteiger partial charge in [0, 0.05) is 26.1 Å². The molecule has 0 radical (unpaired) electrons. The lowest BCUT2D eigenvalue weighted by atomic mass is 10.0. The molecule has 4 N–H and O–H groups in total. The molecule has 2 aliphatic rings. The zero-order valence-electron chi connectivity index (χ0n) is 15.2. The molecule has 0 saturated carbocycles. The van der Waals surface area contributed by atoms with Crippen LogP contribution in [0.2, 0.25) is 0 Å². The van der Waals surface area contributed by atoms with Gasteiger partial charge in [0.25, 0.3) is 5.91 Å². The molecule has 2 bridgehead atoms. The van der Waals surface area contributed by atoms with E-state index < -0.39 is 11.9 Å². The van der Waals surface area contributed by atoms with Crippen molar-refractivity contribution in [1.82, 2.24) is 26.1 Å². The number of urea groups is 1. The van der Waals surface area contributed by atoms with Gasteiger partial charge in [0.1, 0.15) is 6.04 Å². The Hall–Kier alpha value is -1.91. The zero-order chi connectivity index (χ0) is 18.9. The van der Waals surface area contributed by atoms with Crippen LogP contribution in [-0.4, -0.2) is 77.8 Å². The molecule has 0 aromatic carbocycles. The Kier molecular flexibility index (Phi) is 8.07. The first-order valence-electron chi connectivity index (χ1n) is 9.21. The van der Waals surface area contributed by atoms with Crippen LogP contribution in [0.5, 0.6) is 0 Å². The van der Waals surface area contributed by atoms with Gasteiger partial charge in [-0.25, -0.2) is 4.79 Å². The van der Waals surface area contributed by atoms with Crippen LogP contribution < -0.4 is 16.2 Å². The Balaban J connectivity index is 1.76. The van der Waals surface area contributed by atoms with Gasteiger partial charge in [-0.15, -0.1) is 0 Å². The highest BCUT2D eigenvalue weighted by Crippen LogP contribution is 2.30. The van der Waals surface area contributed by atoms with Crippen LogP contribution in [0.4, 0.5) is 4.79 Å². The van der Waals surface area contributed by atoms with Crippen molar-refractivity contribution in [3.05, 3.63) is 0 Å². The molecule has 2 atom stereocenters. The maximum Gasteiger partial charge on any atom is 0.345 e. The van der Waals surface area contributed by atoms with Crippen LogP contribution >= 0.6 is 0 Å². The number of amides is 4. The molecule has 2 aliphatic heterocycles. The second-order valence-electron chi connectivity index (χ2n) is 6.46. The minimum Gasteiger partial charge on any atom is -0.395 e. The van der Waals surface area contributed by atoms with Crippen LogP contribution in [0, 0.1) is 0 Å². The normalized spacial score (nSPS) is 21.8. The third-order valence-corrected chi connectivity index (χ3v) is 4.50. The SMILES string of the molecule is CCCCON1C(=O)N2C[C@@H]1CC[C@H]2C(=O)NNC(=O)CCNCCO. The summed E-state index contributed by atoms with van der Waals surface area (Å²) in [6, 6.07) is -0.912. The number of piperidine rings is 1. The van der Waals surface area contributed by atoms with Gasteiger partial charge in [-0.3, -0.25) is 25.3 Å². The Morgan fingerprint density at radius 3 is 2.81 bits per heavy atom. The van der Waals surface area contributed by atoms with Gasteiger partial charge in [0.05, 0.1) is 19.3 Å². The smallest absolute Gasteiger partial charge is 0.345 e. The molecule has 0 aromatic rings. The van der Waals surface area contributed by atoms with E-state index in [1.165, 1.54) is 9.96 Å². The first-order chi connectivity index (χ1) is 12.6. The van der Waals surface area contributed by atoms with E-state index in [9.17, 15) is 14.4 Å². The zero-order valence-corrected chi connectivity index (χ0v) is 15.2. The van der Waals surface area contributed by atoms with Gasteiger partial charge in [0.15, 0.2) is 0 Å². The van der Waals surface area contributed by atoms with Crippen molar-refractivity contribution < 1.29 is 24.3 Å². The molecule has 2 rings (SSSR count). The van der Waals surface area contributed by atoms with Crippen LogP contribution in [0.15, 0.2) is 0 Å². The molecule has 2 saturated heterocycles. The third-order valence-electron chi connectivity index (χ3n) is 4.50. The number of hydrogen-bond acceptors (Lipinski definition) is 6. The van der Waals surface area contributed by atoms with E-state index in [2.05, 4.69) is 16.2 Å².